The van der Waals surface area contributed by atoms with Crippen LogP contribution in [0.5, 0.6) is 0 Å². The van der Waals surface area contributed by atoms with Gasteiger partial charge in [0.15, 0.2) is 5.13 Å². The van der Waals surface area contributed by atoms with Crippen LogP contribution in [0.4, 0.5) is 10.9 Å². The van der Waals surface area contributed by atoms with Crippen molar-refractivity contribution in [1.82, 2.24) is 14.8 Å². The number of nitrogens with two attached hydrogens (primary N) is 1. The maximum atomic E-state index is 5.53. The first-order valence-electron chi connectivity index (χ1n) is 4.56. The van der Waals surface area contributed by atoms with E-state index in [2.05, 4.69) is 10.1 Å². The minimum atomic E-state index is 0.540. The molecule has 0 bridgehead atoms. The van der Waals surface area contributed by atoms with Crippen molar-refractivity contribution in [1.29, 1.82) is 0 Å². The molecule has 0 radical (unpaired) electrons. The molecular formula is C9H13N5S. The summed E-state index contributed by atoms with van der Waals surface area (Å²) in [7, 11) is 3.96. The number of anilines is 2. The van der Waals surface area contributed by atoms with Crippen LogP contribution in [0.25, 0.3) is 0 Å². The van der Waals surface area contributed by atoms with Crippen molar-refractivity contribution >= 4 is 22.3 Å². The average molecular weight is 223 g/mol. The van der Waals surface area contributed by atoms with Gasteiger partial charge in [-0.3, -0.25) is 4.68 Å². The highest BCUT2D eigenvalue weighted by atomic mass is 32.1. The van der Waals surface area contributed by atoms with E-state index in [1.807, 2.05) is 30.6 Å². The molecule has 2 aromatic heterocycles. The molecule has 80 valence electrons. The molecule has 5 nitrogen and oxygen atoms in total. The van der Waals surface area contributed by atoms with E-state index in [9.17, 15) is 0 Å². The number of aromatic nitrogens is 3. The summed E-state index contributed by atoms with van der Waals surface area (Å²) in [5.74, 6) is 0.540. The van der Waals surface area contributed by atoms with E-state index in [0.717, 1.165) is 10.8 Å². The maximum absolute atomic E-state index is 5.53. The van der Waals surface area contributed by atoms with Crippen molar-refractivity contribution in [3.63, 3.8) is 0 Å². The van der Waals surface area contributed by atoms with Crippen LogP contribution in [0.2, 0.25) is 0 Å². The molecule has 0 aliphatic carbocycles. The van der Waals surface area contributed by atoms with E-state index in [4.69, 9.17) is 5.73 Å². The van der Waals surface area contributed by atoms with Crippen LogP contribution < -0.4 is 10.6 Å². The lowest BCUT2D eigenvalue weighted by atomic mass is 10.5. The predicted octanol–water partition coefficient (Wildman–Crippen LogP) is 1.04. The van der Waals surface area contributed by atoms with Crippen LogP contribution in [-0.4, -0.2) is 28.9 Å². The summed E-state index contributed by atoms with van der Waals surface area (Å²) in [6.07, 6.45) is 1.85. The summed E-state index contributed by atoms with van der Waals surface area (Å²) in [5, 5.41) is 7.15. The zero-order chi connectivity index (χ0) is 10.8. The molecule has 0 saturated heterocycles. The third-order valence-corrected chi connectivity index (χ3v) is 2.96. The fourth-order valence-corrected chi connectivity index (χ4v) is 1.96. The summed E-state index contributed by atoms with van der Waals surface area (Å²) in [4.78, 5) is 6.45. The Balaban J connectivity index is 2.11. The van der Waals surface area contributed by atoms with Crippen molar-refractivity contribution < 1.29 is 0 Å². The fourth-order valence-electron chi connectivity index (χ4n) is 1.21. The summed E-state index contributed by atoms with van der Waals surface area (Å²) < 4.78 is 1.78. The van der Waals surface area contributed by atoms with E-state index in [1.54, 1.807) is 22.1 Å². The average Bonchev–Trinajstić information content (AvgIpc) is 2.76. The minimum absolute atomic E-state index is 0.540. The van der Waals surface area contributed by atoms with Crippen LogP contribution in [0.15, 0.2) is 17.6 Å². The lowest BCUT2D eigenvalue weighted by molar-refractivity contribution is 0.679. The third kappa shape index (κ3) is 2.27. The Morgan fingerprint density at radius 1 is 1.53 bits per heavy atom. The van der Waals surface area contributed by atoms with Gasteiger partial charge in [0.1, 0.15) is 5.82 Å². The van der Waals surface area contributed by atoms with E-state index in [0.29, 0.717) is 12.4 Å². The Labute approximate surface area is 92.2 Å². The molecular weight excluding hydrogens is 210 g/mol. The fraction of sp³-hybridized carbons (Fsp3) is 0.333. The van der Waals surface area contributed by atoms with Crippen LogP contribution in [0.1, 0.15) is 5.69 Å². The van der Waals surface area contributed by atoms with Gasteiger partial charge in [0.05, 0.1) is 12.2 Å². The summed E-state index contributed by atoms with van der Waals surface area (Å²) in [5.41, 5.74) is 6.53. The molecule has 0 aliphatic heterocycles. The normalized spacial score (nSPS) is 10.5. The first kappa shape index (κ1) is 9.97. The molecule has 0 fully saturated rings. The van der Waals surface area contributed by atoms with Gasteiger partial charge in [0.25, 0.3) is 0 Å². The molecule has 0 spiro atoms. The number of rotatable bonds is 3. The second-order valence-corrected chi connectivity index (χ2v) is 4.29. The lowest BCUT2D eigenvalue weighted by Crippen LogP contribution is -2.08. The maximum Gasteiger partial charge on any atom is 0.185 e. The number of nitrogen functional groups attached to an aromatic ring is 1. The Kier molecular flexibility index (Phi) is 2.59. The van der Waals surface area contributed by atoms with E-state index in [1.165, 1.54) is 0 Å². The Morgan fingerprint density at radius 3 is 2.87 bits per heavy atom. The molecule has 2 N–H and O–H groups in total. The Morgan fingerprint density at radius 2 is 2.33 bits per heavy atom. The van der Waals surface area contributed by atoms with E-state index in [-0.39, 0.29) is 0 Å². The van der Waals surface area contributed by atoms with Gasteiger partial charge in [-0.1, -0.05) is 0 Å². The van der Waals surface area contributed by atoms with Crippen LogP contribution >= 0.6 is 11.3 Å². The highest BCUT2D eigenvalue weighted by molar-refractivity contribution is 7.13. The van der Waals surface area contributed by atoms with Crippen molar-refractivity contribution in [2.45, 2.75) is 6.54 Å². The summed E-state index contributed by atoms with van der Waals surface area (Å²) in [6.45, 7) is 0.668. The molecule has 6 heteroatoms. The molecule has 2 rings (SSSR count). The van der Waals surface area contributed by atoms with Gasteiger partial charge in [0, 0.05) is 25.7 Å². The molecule has 2 heterocycles. The SMILES string of the molecule is CN(C)c1nc(Cn2ccc(N)n2)cs1. The summed E-state index contributed by atoms with van der Waals surface area (Å²) >= 11 is 1.63. The molecule has 0 aromatic carbocycles. The quantitative estimate of drug-likeness (QED) is 0.844. The summed E-state index contributed by atoms with van der Waals surface area (Å²) in [6, 6.07) is 1.78. The number of thiazole rings is 1. The van der Waals surface area contributed by atoms with Gasteiger partial charge in [-0.05, 0) is 6.07 Å². The molecule has 0 aliphatic rings. The molecule has 0 saturated carbocycles. The first-order valence-corrected chi connectivity index (χ1v) is 5.44. The molecule has 15 heavy (non-hydrogen) atoms. The van der Waals surface area contributed by atoms with E-state index >= 15 is 0 Å². The Hall–Kier alpha value is -1.56. The molecule has 2 aromatic rings. The number of hydrogen-bond acceptors (Lipinski definition) is 5. The predicted molar refractivity (Wildman–Crippen MR) is 62.2 cm³/mol. The van der Waals surface area contributed by atoms with Crippen LogP contribution in [-0.2, 0) is 6.54 Å². The van der Waals surface area contributed by atoms with Crippen molar-refractivity contribution in [3.8, 4) is 0 Å². The monoisotopic (exact) mass is 223 g/mol. The Bertz CT molecular complexity index is 445. The smallest absolute Gasteiger partial charge is 0.185 e. The highest BCUT2D eigenvalue weighted by Gasteiger charge is 2.04. The van der Waals surface area contributed by atoms with Gasteiger partial charge >= 0.3 is 0 Å². The lowest BCUT2D eigenvalue weighted by Gasteiger charge is -2.05. The second kappa shape index (κ2) is 3.90. The van der Waals surface area contributed by atoms with Crippen LogP contribution in [0.3, 0.4) is 0 Å². The molecule has 0 atom stereocenters. The largest absolute Gasteiger partial charge is 0.382 e. The minimum Gasteiger partial charge on any atom is -0.382 e. The van der Waals surface area contributed by atoms with E-state index < -0.39 is 0 Å². The third-order valence-electron chi connectivity index (χ3n) is 1.91. The van der Waals surface area contributed by atoms with Crippen molar-refractivity contribution in [2.75, 3.05) is 24.7 Å². The van der Waals surface area contributed by atoms with Gasteiger partial charge in [-0.15, -0.1) is 11.3 Å². The van der Waals surface area contributed by atoms with Crippen molar-refractivity contribution in [3.05, 3.63) is 23.3 Å². The van der Waals surface area contributed by atoms with Gasteiger partial charge < -0.3 is 10.6 Å². The molecule has 0 amide bonds. The zero-order valence-corrected chi connectivity index (χ0v) is 9.53. The van der Waals surface area contributed by atoms with Gasteiger partial charge in [-0.25, -0.2) is 4.98 Å². The second-order valence-electron chi connectivity index (χ2n) is 3.45. The number of hydrogen-bond donors (Lipinski definition) is 1. The van der Waals surface area contributed by atoms with Gasteiger partial charge in [0.2, 0.25) is 0 Å². The highest BCUT2D eigenvalue weighted by Crippen LogP contribution is 2.18. The zero-order valence-electron chi connectivity index (χ0n) is 8.71. The standard InChI is InChI=1S/C9H13N5S/c1-13(2)9-11-7(6-15-9)5-14-4-3-8(10)12-14/h3-4,6H,5H2,1-2H3,(H2,10,12). The number of nitrogens with zero attached hydrogens (tertiary/aromatic N) is 4. The van der Waals surface area contributed by atoms with Crippen molar-refractivity contribution in [2.24, 2.45) is 0 Å². The topological polar surface area (TPSA) is 60.0 Å². The molecule has 0 unspecified atom stereocenters. The van der Waals surface area contributed by atoms with Gasteiger partial charge in [-0.2, -0.15) is 5.10 Å². The first-order chi connectivity index (χ1) is 7.15. The van der Waals surface area contributed by atoms with Crippen LogP contribution in [0, 0.1) is 0 Å².